The number of amides is 1. The molecule has 12 heteroatoms. The maximum atomic E-state index is 12.7. The Balaban J connectivity index is 1.72. The van der Waals surface area contributed by atoms with E-state index in [1.165, 1.54) is 0 Å². The molecule has 1 aliphatic rings. The van der Waals surface area contributed by atoms with Gasteiger partial charge in [-0.15, -0.1) is 0 Å². The molecule has 1 aliphatic carbocycles. The molecule has 1 amide bonds. The molecule has 32 heavy (non-hydrogen) atoms. The predicted molar refractivity (Wildman–Crippen MR) is 110 cm³/mol. The lowest BCUT2D eigenvalue weighted by Gasteiger charge is -2.11. The first-order chi connectivity index (χ1) is 15.3. The maximum absolute atomic E-state index is 12.7. The van der Waals surface area contributed by atoms with Crippen LogP contribution in [0.3, 0.4) is 0 Å². The highest BCUT2D eigenvalue weighted by Crippen LogP contribution is 2.29. The van der Waals surface area contributed by atoms with E-state index in [0.717, 1.165) is 37.0 Å². The van der Waals surface area contributed by atoms with Crippen LogP contribution >= 0.6 is 12.0 Å². The number of rotatable bonds is 10. The molecule has 0 aliphatic heterocycles. The lowest BCUT2D eigenvalue weighted by molar-refractivity contribution is -0.201. The Labute approximate surface area is 185 Å². The summed E-state index contributed by atoms with van der Waals surface area (Å²) >= 11 is 1.02. The molecule has 3 rings (SSSR count). The van der Waals surface area contributed by atoms with Gasteiger partial charge in [-0.3, -0.25) is 4.79 Å². The van der Waals surface area contributed by atoms with Crippen LogP contribution in [0, 0.1) is 0 Å². The number of hydrogen-bond donors (Lipinski definition) is 2. The SMILES string of the molecule is CC(CO)O/N=C(/C(=O)Nc1ccc(C(F)(F)F)cn1)c1ccc(SOOC2CC2)cc1. The minimum absolute atomic E-state index is 0.0938. The maximum Gasteiger partial charge on any atom is 0.417 e. The van der Waals surface area contributed by atoms with E-state index in [0.29, 0.717) is 16.7 Å². The molecule has 1 heterocycles. The molecule has 1 fully saturated rings. The zero-order valence-corrected chi connectivity index (χ0v) is 17.7. The molecule has 2 aromatic rings. The number of carbonyl (C=O) groups excluding carboxylic acids is 1. The van der Waals surface area contributed by atoms with Crippen molar-refractivity contribution in [3.63, 3.8) is 0 Å². The van der Waals surface area contributed by atoms with Gasteiger partial charge in [0.25, 0.3) is 5.91 Å². The fourth-order valence-corrected chi connectivity index (χ4v) is 2.64. The van der Waals surface area contributed by atoms with Gasteiger partial charge in [0, 0.05) is 16.7 Å². The van der Waals surface area contributed by atoms with E-state index >= 15 is 0 Å². The summed E-state index contributed by atoms with van der Waals surface area (Å²) in [5.74, 6) is -0.847. The van der Waals surface area contributed by atoms with Gasteiger partial charge in [0.05, 0.1) is 30.3 Å². The summed E-state index contributed by atoms with van der Waals surface area (Å²) < 4.78 is 43.1. The Bertz CT molecular complexity index is 935. The minimum atomic E-state index is -4.54. The molecule has 1 aromatic heterocycles. The fourth-order valence-electron chi connectivity index (χ4n) is 2.16. The molecule has 1 saturated carbocycles. The van der Waals surface area contributed by atoms with Gasteiger partial charge in [0.1, 0.15) is 11.9 Å². The van der Waals surface area contributed by atoms with E-state index in [4.69, 9.17) is 19.2 Å². The van der Waals surface area contributed by atoms with E-state index in [1.807, 2.05) is 0 Å². The lowest BCUT2D eigenvalue weighted by Crippen LogP contribution is -2.25. The number of pyridine rings is 1. The second kappa shape index (κ2) is 10.8. The molecule has 0 spiro atoms. The van der Waals surface area contributed by atoms with Crippen LogP contribution in [0.25, 0.3) is 0 Å². The standard InChI is InChI=1S/C20H20F3N3O5S/c1-12(11-27)29-26-18(13-2-7-16(8-3-13)32-31-30-15-5-6-15)19(28)25-17-9-4-14(10-24-17)20(21,22)23/h2-4,7-10,12,15,27H,5-6,11H2,1H3,(H,24,25,28)/b26-18+. The minimum Gasteiger partial charge on any atom is -0.392 e. The molecule has 0 bridgehead atoms. The third-order valence-electron chi connectivity index (χ3n) is 4.09. The molecule has 8 nitrogen and oxygen atoms in total. The van der Waals surface area contributed by atoms with Crippen molar-refractivity contribution in [2.45, 2.75) is 43.0 Å². The molecule has 1 unspecified atom stereocenters. The summed E-state index contributed by atoms with van der Waals surface area (Å²) in [6.45, 7) is 1.22. The van der Waals surface area contributed by atoms with Crippen molar-refractivity contribution >= 4 is 29.5 Å². The number of carbonyl (C=O) groups is 1. The first kappa shape index (κ1) is 24.0. The molecule has 1 aromatic carbocycles. The summed E-state index contributed by atoms with van der Waals surface area (Å²) in [6, 6.07) is 8.37. The Hall–Kier alpha value is -2.67. The Morgan fingerprint density at radius 2 is 2.00 bits per heavy atom. The molecule has 2 N–H and O–H groups in total. The van der Waals surface area contributed by atoms with Gasteiger partial charge in [-0.25, -0.2) is 9.87 Å². The van der Waals surface area contributed by atoms with E-state index < -0.39 is 23.8 Å². The third kappa shape index (κ3) is 7.19. The summed E-state index contributed by atoms with van der Waals surface area (Å²) in [5, 5.41) is 15.3. The number of aliphatic hydroxyl groups excluding tert-OH is 1. The number of nitrogens with one attached hydrogen (secondary N) is 1. The van der Waals surface area contributed by atoms with E-state index in [-0.39, 0.29) is 24.2 Å². The quantitative estimate of drug-likeness (QED) is 0.234. The van der Waals surface area contributed by atoms with Crippen molar-refractivity contribution in [3.8, 4) is 0 Å². The lowest BCUT2D eigenvalue weighted by atomic mass is 10.1. The predicted octanol–water partition coefficient (Wildman–Crippen LogP) is 3.96. The summed E-state index contributed by atoms with van der Waals surface area (Å²) in [6.07, 6.45) is -2.53. The molecule has 0 saturated heterocycles. The van der Waals surface area contributed by atoms with Crippen LogP contribution in [0.4, 0.5) is 19.0 Å². The molecule has 172 valence electrons. The van der Waals surface area contributed by atoms with Crippen LogP contribution in [0.15, 0.2) is 52.6 Å². The van der Waals surface area contributed by atoms with Gasteiger partial charge in [-0.1, -0.05) is 17.3 Å². The summed E-state index contributed by atoms with van der Waals surface area (Å²) in [4.78, 5) is 27.3. The van der Waals surface area contributed by atoms with Crippen LogP contribution in [0.2, 0.25) is 0 Å². The van der Waals surface area contributed by atoms with Crippen LogP contribution in [-0.2, 0) is 25.0 Å². The molecule has 0 radical (unpaired) electrons. The van der Waals surface area contributed by atoms with Gasteiger partial charge in [0.15, 0.2) is 5.71 Å². The molecular weight excluding hydrogens is 451 g/mol. The topological polar surface area (TPSA) is 102 Å². The number of anilines is 1. The highest BCUT2D eigenvalue weighted by Gasteiger charge is 2.30. The van der Waals surface area contributed by atoms with Gasteiger partial charge < -0.3 is 15.3 Å². The van der Waals surface area contributed by atoms with Crippen LogP contribution in [-0.4, -0.2) is 40.5 Å². The number of oxime groups is 1. The largest absolute Gasteiger partial charge is 0.417 e. The Kier molecular flexibility index (Phi) is 8.07. The number of hydrogen-bond acceptors (Lipinski definition) is 8. The zero-order chi connectivity index (χ0) is 23.1. The van der Waals surface area contributed by atoms with Crippen LogP contribution in [0.5, 0.6) is 0 Å². The van der Waals surface area contributed by atoms with Crippen molar-refractivity contribution in [2.75, 3.05) is 11.9 Å². The van der Waals surface area contributed by atoms with Gasteiger partial charge in [-0.05, 0) is 44.0 Å². The number of nitrogens with zero attached hydrogens (tertiary/aromatic N) is 2. The first-order valence-corrected chi connectivity index (χ1v) is 10.3. The van der Waals surface area contributed by atoms with E-state index in [2.05, 4.69) is 15.5 Å². The van der Waals surface area contributed by atoms with Crippen molar-refractivity contribution in [2.24, 2.45) is 5.16 Å². The second-order valence-electron chi connectivity index (χ2n) is 6.89. The Morgan fingerprint density at radius 3 is 2.56 bits per heavy atom. The number of aromatic nitrogens is 1. The van der Waals surface area contributed by atoms with E-state index in [1.54, 1.807) is 31.2 Å². The number of halogens is 3. The molecular formula is C20H20F3N3O5S. The smallest absolute Gasteiger partial charge is 0.392 e. The zero-order valence-electron chi connectivity index (χ0n) is 16.8. The van der Waals surface area contributed by atoms with Crippen LogP contribution in [0.1, 0.15) is 30.9 Å². The average Bonchev–Trinajstić information content (AvgIpc) is 3.59. The van der Waals surface area contributed by atoms with Crippen LogP contribution < -0.4 is 5.32 Å². The van der Waals surface area contributed by atoms with Crippen molar-refractivity contribution in [3.05, 3.63) is 53.7 Å². The van der Waals surface area contributed by atoms with Gasteiger partial charge in [0.2, 0.25) is 0 Å². The number of benzene rings is 1. The first-order valence-electron chi connectivity index (χ1n) is 9.56. The fraction of sp³-hybridized carbons (Fsp3) is 0.350. The number of aliphatic hydroxyl groups is 1. The van der Waals surface area contributed by atoms with Crippen molar-refractivity contribution < 1.29 is 37.1 Å². The highest BCUT2D eigenvalue weighted by molar-refractivity contribution is 7.94. The van der Waals surface area contributed by atoms with Gasteiger partial charge in [-0.2, -0.15) is 17.5 Å². The third-order valence-corrected chi connectivity index (χ3v) is 4.70. The normalized spacial score (nSPS) is 15.3. The van der Waals surface area contributed by atoms with E-state index in [9.17, 15) is 18.0 Å². The average molecular weight is 471 g/mol. The summed E-state index contributed by atoms with van der Waals surface area (Å²) in [7, 11) is 0. The highest BCUT2D eigenvalue weighted by atomic mass is 32.2. The van der Waals surface area contributed by atoms with Gasteiger partial charge >= 0.3 is 6.18 Å². The number of alkyl halides is 3. The Morgan fingerprint density at radius 1 is 1.28 bits per heavy atom. The monoisotopic (exact) mass is 471 g/mol. The molecule has 1 atom stereocenters. The second-order valence-corrected chi connectivity index (χ2v) is 7.67. The van der Waals surface area contributed by atoms with Crippen molar-refractivity contribution in [1.82, 2.24) is 4.98 Å². The van der Waals surface area contributed by atoms with Crippen molar-refractivity contribution in [1.29, 1.82) is 0 Å². The summed E-state index contributed by atoms with van der Waals surface area (Å²) in [5.41, 5.74) is -0.726.